The molecule has 0 aliphatic carbocycles. The van der Waals surface area contributed by atoms with E-state index in [-0.39, 0.29) is 18.1 Å². The van der Waals surface area contributed by atoms with Crippen LogP contribution in [0.25, 0.3) is 0 Å². The number of carbonyl (C=O) groups excluding carboxylic acids is 1. The van der Waals surface area contributed by atoms with Crippen molar-refractivity contribution in [2.45, 2.75) is 51.7 Å². The van der Waals surface area contributed by atoms with Crippen molar-refractivity contribution in [1.82, 2.24) is 4.90 Å². The predicted molar refractivity (Wildman–Crippen MR) is 68.9 cm³/mol. The highest BCUT2D eigenvalue weighted by Crippen LogP contribution is 2.14. The van der Waals surface area contributed by atoms with Gasteiger partial charge in [0.2, 0.25) is 5.91 Å². The van der Waals surface area contributed by atoms with E-state index in [9.17, 15) is 4.79 Å². The molecule has 1 aliphatic rings. The van der Waals surface area contributed by atoms with Gasteiger partial charge < -0.3 is 9.64 Å². The molecule has 1 aliphatic heterocycles. The number of ether oxygens (including phenoxy) is 1. The zero-order chi connectivity index (χ0) is 12.0. The van der Waals surface area contributed by atoms with Crippen LogP contribution in [0.5, 0.6) is 0 Å². The number of hydrogen-bond donors (Lipinski definition) is 0. The largest absolute Gasteiger partial charge is 0.371 e. The van der Waals surface area contributed by atoms with E-state index in [1.807, 2.05) is 11.8 Å². The third-order valence-corrected chi connectivity index (χ3v) is 3.57. The normalized spacial score (nSPS) is 25.8. The molecule has 2 unspecified atom stereocenters. The van der Waals surface area contributed by atoms with Crippen molar-refractivity contribution >= 4 is 21.8 Å². The van der Waals surface area contributed by atoms with E-state index in [4.69, 9.17) is 4.74 Å². The summed E-state index contributed by atoms with van der Waals surface area (Å²) in [6.07, 6.45) is 4.32. The standard InChI is InChI=1S/C12H22BrNO2/c1-3-4-5-6-12(15)14-8-10(2)16-11(7-13)9-14/h10-11H,3-9H2,1-2H3. The highest BCUT2D eigenvalue weighted by molar-refractivity contribution is 9.09. The van der Waals surface area contributed by atoms with Gasteiger partial charge in [-0.1, -0.05) is 35.7 Å². The first kappa shape index (κ1) is 14.0. The minimum absolute atomic E-state index is 0.152. The van der Waals surface area contributed by atoms with E-state index in [0.717, 1.165) is 37.7 Å². The van der Waals surface area contributed by atoms with Crippen LogP contribution in [0.4, 0.5) is 0 Å². The summed E-state index contributed by atoms with van der Waals surface area (Å²) in [4.78, 5) is 13.9. The Hall–Kier alpha value is -0.0900. The van der Waals surface area contributed by atoms with E-state index in [2.05, 4.69) is 22.9 Å². The van der Waals surface area contributed by atoms with Gasteiger partial charge >= 0.3 is 0 Å². The average Bonchev–Trinajstić information content (AvgIpc) is 2.28. The zero-order valence-electron chi connectivity index (χ0n) is 10.2. The van der Waals surface area contributed by atoms with Gasteiger partial charge in [0, 0.05) is 24.8 Å². The van der Waals surface area contributed by atoms with Crippen LogP contribution in [0.3, 0.4) is 0 Å². The SMILES string of the molecule is CCCCCC(=O)N1CC(C)OC(CBr)C1. The smallest absolute Gasteiger partial charge is 0.222 e. The molecule has 1 fully saturated rings. The van der Waals surface area contributed by atoms with Crippen LogP contribution < -0.4 is 0 Å². The van der Waals surface area contributed by atoms with E-state index in [1.165, 1.54) is 0 Å². The summed E-state index contributed by atoms with van der Waals surface area (Å²) >= 11 is 3.42. The molecule has 3 nitrogen and oxygen atoms in total. The highest BCUT2D eigenvalue weighted by Gasteiger charge is 2.27. The predicted octanol–water partition coefficient (Wildman–Crippen LogP) is 2.58. The number of amides is 1. The van der Waals surface area contributed by atoms with Gasteiger partial charge in [-0.15, -0.1) is 0 Å². The third-order valence-electron chi connectivity index (χ3n) is 2.85. The lowest BCUT2D eigenvalue weighted by Gasteiger charge is -2.36. The molecule has 0 aromatic rings. The van der Waals surface area contributed by atoms with Gasteiger partial charge in [0.25, 0.3) is 0 Å². The van der Waals surface area contributed by atoms with Gasteiger partial charge in [-0.05, 0) is 13.3 Å². The van der Waals surface area contributed by atoms with Gasteiger partial charge in [0.15, 0.2) is 0 Å². The second kappa shape index (κ2) is 7.28. The molecule has 0 bridgehead atoms. The first-order valence-electron chi connectivity index (χ1n) is 6.16. The van der Waals surface area contributed by atoms with Crippen LogP contribution in [0, 0.1) is 0 Å². The second-order valence-electron chi connectivity index (χ2n) is 4.48. The molecule has 4 heteroatoms. The number of rotatable bonds is 5. The molecule has 1 heterocycles. The van der Waals surface area contributed by atoms with Crippen LogP contribution in [-0.2, 0) is 9.53 Å². The van der Waals surface area contributed by atoms with Crippen molar-refractivity contribution in [1.29, 1.82) is 0 Å². The lowest BCUT2D eigenvalue weighted by atomic mass is 10.1. The molecular weight excluding hydrogens is 270 g/mol. The maximum Gasteiger partial charge on any atom is 0.222 e. The van der Waals surface area contributed by atoms with Crippen LogP contribution in [0.1, 0.15) is 39.5 Å². The molecule has 1 saturated heterocycles. The molecule has 0 N–H and O–H groups in total. The van der Waals surface area contributed by atoms with E-state index < -0.39 is 0 Å². The number of carbonyl (C=O) groups is 1. The van der Waals surface area contributed by atoms with Crippen molar-refractivity contribution in [3.8, 4) is 0 Å². The Balaban J connectivity index is 2.36. The van der Waals surface area contributed by atoms with Crippen LogP contribution in [0.2, 0.25) is 0 Å². The van der Waals surface area contributed by atoms with Crippen molar-refractivity contribution in [3.63, 3.8) is 0 Å². The summed E-state index contributed by atoms with van der Waals surface area (Å²) in [6, 6.07) is 0. The van der Waals surface area contributed by atoms with Gasteiger partial charge in [0.1, 0.15) is 0 Å². The number of morpholine rings is 1. The molecule has 16 heavy (non-hydrogen) atoms. The maximum atomic E-state index is 11.9. The minimum Gasteiger partial charge on any atom is -0.371 e. The number of hydrogen-bond acceptors (Lipinski definition) is 2. The third kappa shape index (κ3) is 4.42. The summed E-state index contributed by atoms with van der Waals surface area (Å²) in [5.74, 6) is 0.287. The molecule has 1 rings (SSSR count). The first-order valence-corrected chi connectivity index (χ1v) is 7.28. The number of alkyl halides is 1. The molecule has 1 amide bonds. The minimum atomic E-state index is 0.152. The Labute approximate surface area is 107 Å². The molecule has 0 radical (unpaired) electrons. The van der Waals surface area contributed by atoms with Crippen LogP contribution in [0.15, 0.2) is 0 Å². The lowest BCUT2D eigenvalue weighted by Crippen LogP contribution is -2.49. The Kier molecular flexibility index (Phi) is 6.36. The Bertz CT molecular complexity index is 223. The van der Waals surface area contributed by atoms with E-state index in [1.54, 1.807) is 0 Å². The number of nitrogens with zero attached hydrogens (tertiary/aromatic N) is 1. The quantitative estimate of drug-likeness (QED) is 0.576. The fraction of sp³-hybridized carbons (Fsp3) is 0.917. The van der Waals surface area contributed by atoms with Gasteiger partial charge in [0.05, 0.1) is 12.2 Å². The van der Waals surface area contributed by atoms with Crippen LogP contribution >= 0.6 is 15.9 Å². The summed E-state index contributed by atoms with van der Waals surface area (Å²) in [6.45, 7) is 5.66. The van der Waals surface area contributed by atoms with Gasteiger partial charge in [-0.25, -0.2) is 0 Å². The van der Waals surface area contributed by atoms with E-state index in [0.29, 0.717) is 6.42 Å². The Morgan fingerprint density at radius 3 is 2.81 bits per heavy atom. The maximum absolute atomic E-state index is 11.9. The van der Waals surface area contributed by atoms with E-state index >= 15 is 0 Å². The fourth-order valence-corrected chi connectivity index (χ4v) is 2.38. The number of halogens is 1. The van der Waals surface area contributed by atoms with Crippen molar-refractivity contribution in [3.05, 3.63) is 0 Å². The molecule has 0 aromatic heterocycles. The lowest BCUT2D eigenvalue weighted by molar-refractivity contribution is -0.142. The zero-order valence-corrected chi connectivity index (χ0v) is 11.8. The monoisotopic (exact) mass is 291 g/mol. The molecular formula is C12H22BrNO2. The molecule has 2 atom stereocenters. The van der Waals surface area contributed by atoms with Crippen molar-refractivity contribution in [2.75, 3.05) is 18.4 Å². The van der Waals surface area contributed by atoms with Crippen LogP contribution in [-0.4, -0.2) is 41.4 Å². The summed E-state index contributed by atoms with van der Waals surface area (Å²) < 4.78 is 5.70. The first-order chi connectivity index (χ1) is 7.67. The van der Waals surface area contributed by atoms with Crippen molar-refractivity contribution < 1.29 is 9.53 Å². The van der Waals surface area contributed by atoms with Gasteiger partial charge in [-0.2, -0.15) is 0 Å². The fourth-order valence-electron chi connectivity index (χ4n) is 2.02. The van der Waals surface area contributed by atoms with Crippen molar-refractivity contribution in [2.24, 2.45) is 0 Å². The Morgan fingerprint density at radius 2 is 2.19 bits per heavy atom. The Morgan fingerprint density at radius 1 is 1.44 bits per heavy atom. The molecule has 94 valence electrons. The van der Waals surface area contributed by atoms with Gasteiger partial charge in [-0.3, -0.25) is 4.79 Å². The second-order valence-corrected chi connectivity index (χ2v) is 5.13. The molecule has 0 saturated carbocycles. The summed E-state index contributed by atoms with van der Waals surface area (Å²) in [5.41, 5.74) is 0. The topological polar surface area (TPSA) is 29.5 Å². The highest BCUT2D eigenvalue weighted by atomic mass is 79.9. The average molecular weight is 292 g/mol. The summed E-state index contributed by atoms with van der Waals surface area (Å²) in [5, 5.41) is 0.802. The number of unbranched alkanes of at least 4 members (excludes halogenated alkanes) is 2. The molecule has 0 spiro atoms. The summed E-state index contributed by atoms with van der Waals surface area (Å²) in [7, 11) is 0. The molecule has 0 aromatic carbocycles.